The van der Waals surface area contributed by atoms with E-state index in [-0.39, 0.29) is 5.69 Å². The fraction of sp³-hybridized carbons (Fsp3) is 0.353. The lowest BCUT2D eigenvalue weighted by Gasteiger charge is -2.16. The number of imidazole rings is 1. The van der Waals surface area contributed by atoms with Crippen molar-refractivity contribution in [2.75, 3.05) is 6.61 Å². The highest BCUT2D eigenvalue weighted by Gasteiger charge is 2.44. The quantitative estimate of drug-likeness (QED) is 0.224. The van der Waals surface area contributed by atoms with Crippen LogP contribution in [0.25, 0.3) is 11.2 Å². The molecule has 0 aliphatic carbocycles. The van der Waals surface area contributed by atoms with Gasteiger partial charge in [0.25, 0.3) is 5.69 Å². The molecule has 3 heterocycles. The summed E-state index contributed by atoms with van der Waals surface area (Å²) in [5, 5.41) is 40.8. The Labute approximate surface area is 168 Å². The summed E-state index contributed by atoms with van der Waals surface area (Å²) in [6.45, 7) is -0.424. The Morgan fingerprint density at radius 1 is 1.17 bits per heavy atom. The molecule has 0 amide bonds. The Morgan fingerprint density at radius 2 is 1.93 bits per heavy atom. The van der Waals surface area contributed by atoms with Crippen LogP contribution < -0.4 is 0 Å². The van der Waals surface area contributed by atoms with Gasteiger partial charge in [0.15, 0.2) is 11.9 Å². The van der Waals surface area contributed by atoms with E-state index in [1.165, 1.54) is 41.1 Å². The molecule has 2 aromatic heterocycles. The van der Waals surface area contributed by atoms with E-state index in [0.29, 0.717) is 21.9 Å². The summed E-state index contributed by atoms with van der Waals surface area (Å²) >= 11 is 1.39. The molecule has 0 saturated carbocycles. The molecule has 0 bridgehead atoms. The molecular weight excluding hydrogens is 402 g/mol. The van der Waals surface area contributed by atoms with E-state index in [1.807, 2.05) is 0 Å². The second kappa shape index (κ2) is 8.00. The van der Waals surface area contributed by atoms with Gasteiger partial charge in [0.2, 0.25) is 0 Å². The van der Waals surface area contributed by atoms with Crippen molar-refractivity contribution in [3.8, 4) is 0 Å². The summed E-state index contributed by atoms with van der Waals surface area (Å²) in [6, 6.07) is 6.26. The summed E-state index contributed by atoms with van der Waals surface area (Å²) in [7, 11) is 0. The van der Waals surface area contributed by atoms with E-state index in [9.17, 15) is 25.4 Å². The molecule has 152 valence electrons. The minimum atomic E-state index is -1.24. The average molecular weight is 419 g/mol. The van der Waals surface area contributed by atoms with Crippen LogP contribution in [0.3, 0.4) is 0 Å². The molecule has 1 aliphatic heterocycles. The number of non-ortho nitro benzene ring substituents is 1. The fourth-order valence-corrected chi connectivity index (χ4v) is 4.00. The lowest BCUT2D eigenvalue weighted by atomic mass is 10.1. The Balaban J connectivity index is 1.55. The zero-order valence-electron chi connectivity index (χ0n) is 14.9. The number of nitrogens with zero attached hydrogens (tertiary/aromatic N) is 5. The van der Waals surface area contributed by atoms with Crippen LogP contribution in [0, 0.1) is 10.1 Å². The normalized spacial score (nSPS) is 24.2. The second-order valence-corrected chi connectivity index (χ2v) is 7.41. The monoisotopic (exact) mass is 419 g/mol. The van der Waals surface area contributed by atoms with Gasteiger partial charge in [-0.1, -0.05) is 23.9 Å². The second-order valence-electron chi connectivity index (χ2n) is 6.44. The van der Waals surface area contributed by atoms with Crippen LogP contribution in [0.1, 0.15) is 11.8 Å². The Hall–Kier alpha value is -2.64. The Morgan fingerprint density at radius 3 is 2.59 bits per heavy atom. The average Bonchev–Trinajstić information content (AvgIpc) is 3.28. The number of hydrogen-bond donors (Lipinski definition) is 3. The number of nitro benzene ring substituents is 1. The molecule has 0 spiro atoms. The van der Waals surface area contributed by atoms with Crippen molar-refractivity contribution in [2.24, 2.45) is 0 Å². The van der Waals surface area contributed by atoms with Crippen LogP contribution in [-0.2, 0) is 10.5 Å². The highest BCUT2D eigenvalue weighted by molar-refractivity contribution is 7.98. The molecule has 3 N–H and O–H groups in total. The minimum Gasteiger partial charge on any atom is -0.394 e. The summed E-state index contributed by atoms with van der Waals surface area (Å²) in [4.78, 5) is 23.1. The van der Waals surface area contributed by atoms with Crippen molar-refractivity contribution >= 4 is 28.6 Å². The molecule has 4 atom stereocenters. The van der Waals surface area contributed by atoms with Crippen molar-refractivity contribution in [2.45, 2.75) is 35.3 Å². The molecular formula is C17H17N5O6S. The standard InChI is InChI=1S/C17H17N5O6S/c23-5-11-13(24)14(25)17(28-11)21-8-20-12-15(21)18-7-19-16(12)29-6-9-1-3-10(4-2-9)22(26)27/h1-4,7-8,11,13-14,17,23-25H,5-6H2/t11-,13+,14+,17-/m0/s1. The Kier molecular flexibility index (Phi) is 5.43. The summed E-state index contributed by atoms with van der Waals surface area (Å²) in [5.74, 6) is 0.519. The third-order valence-corrected chi connectivity index (χ3v) is 5.69. The van der Waals surface area contributed by atoms with Gasteiger partial charge in [-0.3, -0.25) is 14.7 Å². The van der Waals surface area contributed by atoms with Gasteiger partial charge >= 0.3 is 0 Å². The molecule has 1 aliphatic rings. The maximum Gasteiger partial charge on any atom is 0.269 e. The van der Waals surface area contributed by atoms with Gasteiger partial charge in [0, 0.05) is 17.9 Å². The molecule has 1 aromatic carbocycles. The van der Waals surface area contributed by atoms with Gasteiger partial charge in [-0.2, -0.15) is 0 Å². The van der Waals surface area contributed by atoms with E-state index >= 15 is 0 Å². The molecule has 11 nitrogen and oxygen atoms in total. The maximum atomic E-state index is 10.7. The third-order valence-electron chi connectivity index (χ3n) is 4.64. The number of benzene rings is 1. The van der Waals surface area contributed by atoms with Crippen LogP contribution in [0.5, 0.6) is 0 Å². The van der Waals surface area contributed by atoms with Gasteiger partial charge in [0.05, 0.1) is 17.9 Å². The zero-order valence-corrected chi connectivity index (χ0v) is 15.7. The van der Waals surface area contributed by atoms with E-state index in [1.54, 1.807) is 12.1 Å². The fourth-order valence-electron chi connectivity index (χ4n) is 3.10. The number of hydrogen-bond acceptors (Lipinski definition) is 10. The third kappa shape index (κ3) is 3.68. The first-order valence-corrected chi connectivity index (χ1v) is 9.64. The van der Waals surface area contributed by atoms with Crippen molar-refractivity contribution in [1.29, 1.82) is 0 Å². The van der Waals surface area contributed by atoms with Crippen LogP contribution >= 0.6 is 11.8 Å². The van der Waals surface area contributed by atoms with Gasteiger partial charge < -0.3 is 20.1 Å². The largest absolute Gasteiger partial charge is 0.394 e. The van der Waals surface area contributed by atoms with Crippen molar-refractivity contribution in [3.05, 3.63) is 52.6 Å². The molecule has 1 fully saturated rings. The minimum absolute atomic E-state index is 0.0282. The summed E-state index contributed by atoms with van der Waals surface area (Å²) in [5.41, 5.74) is 1.83. The SMILES string of the molecule is O=[N+]([O-])c1ccc(CSc2ncnc3c2ncn3[C@H]2O[C@@H](CO)[C@@H](O)[C@H]2O)cc1. The first-order valence-electron chi connectivity index (χ1n) is 8.65. The van der Waals surface area contributed by atoms with Gasteiger partial charge in [0.1, 0.15) is 35.2 Å². The molecule has 1 saturated heterocycles. The maximum absolute atomic E-state index is 10.7. The van der Waals surface area contributed by atoms with Gasteiger partial charge in [-0.05, 0) is 5.56 Å². The number of fused-ring (bicyclic) bond motifs is 1. The van der Waals surface area contributed by atoms with Crippen molar-refractivity contribution < 1.29 is 25.0 Å². The summed E-state index contributed by atoms with van der Waals surface area (Å²) < 4.78 is 7.03. The van der Waals surface area contributed by atoms with Gasteiger partial charge in [-0.15, -0.1) is 0 Å². The highest BCUT2D eigenvalue weighted by Crippen LogP contribution is 2.33. The Bertz CT molecular complexity index is 1030. The van der Waals surface area contributed by atoms with E-state index in [4.69, 9.17) is 4.74 Å². The molecule has 0 unspecified atom stereocenters. The lowest BCUT2D eigenvalue weighted by molar-refractivity contribution is -0.384. The summed E-state index contributed by atoms with van der Waals surface area (Å²) in [6.07, 6.45) is -1.49. The first-order chi connectivity index (χ1) is 14.0. The number of aliphatic hydroxyl groups excluding tert-OH is 3. The van der Waals surface area contributed by atoms with E-state index in [2.05, 4.69) is 15.0 Å². The highest BCUT2D eigenvalue weighted by atomic mass is 32.2. The predicted octanol–water partition coefficient (Wildman–Crippen LogP) is 0.638. The first kappa shape index (κ1) is 19.7. The van der Waals surface area contributed by atoms with Crippen LogP contribution in [0.2, 0.25) is 0 Å². The molecule has 0 radical (unpaired) electrons. The van der Waals surface area contributed by atoms with Gasteiger partial charge in [-0.25, -0.2) is 15.0 Å². The number of ether oxygens (including phenoxy) is 1. The number of thioether (sulfide) groups is 1. The lowest BCUT2D eigenvalue weighted by Crippen LogP contribution is -2.33. The molecule has 4 rings (SSSR count). The number of aromatic nitrogens is 4. The predicted molar refractivity (Wildman–Crippen MR) is 101 cm³/mol. The molecule has 29 heavy (non-hydrogen) atoms. The van der Waals surface area contributed by atoms with Crippen LogP contribution in [-0.4, -0.2) is 64.7 Å². The van der Waals surface area contributed by atoms with E-state index < -0.39 is 36.1 Å². The number of nitro groups is 1. The molecule has 3 aromatic rings. The molecule has 12 heteroatoms. The topological polar surface area (TPSA) is 157 Å². The van der Waals surface area contributed by atoms with Crippen molar-refractivity contribution in [3.63, 3.8) is 0 Å². The van der Waals surface area contributed by atoms with Crippen molar-refractivity contribution in [1.82, 2.24) is 19.5 Å². The zero-order chi connectivity index (χ0) is 20.5. The smallest absolute Gasteiger partial charge is 0.269 e. The number of rotatable bonds is 6. The van der Waals surface area contributed by atoms with Crippen LogP contribution in [0.15, 0.2) is 41.9 Å². The van der Waals surface area contributed by atoms with Crippen LogP contribution in [0.4, 0.5) is 5.69 Å². The number of aliphatic hydroxyl groups is 3. The van der Waals surface area contributed by atoms with E-state index in [0.717, 1.165) is 5.56 Å².